The van der Waals surface area contributed by atoms with E-state index in [0.717, 1.165) is 38.0 Å². The van der Waals surface area contributed by atoms with Gasteiger partial charge in [-0.15, -0.1) is 12.3 Å². The molecule has 104 valence electrons. The fourth-order valence-corrected chi connectivity index (χ4v) is 1.98. The van der Waals surface area contributed by atoms with Crippen molar-refractivity contribution < 1.29 is 4.74 Å². The molecule has 0 aliphatic carbocycles. The van der Waals surface area contributed by atoms with Crippen molar-refractivity contribution in [3.05, 3.63) is 29.8 Å². The molecule has 1 aromatic rings. The lowest BCUT2D eigenvalue weighted by molar-refractivity contribution is 0.312. The molecule has 1 rings (SSSR count). The first-order valence-corrected chi connectivity index (χ1v) is 7.21. The van der Waals surface area contributed by atoms with Gasteiger partial charge in [0.2, 0.25) is 0 Å². The van der Waals surface area contributed by atoms with Gasteiger partial charge in [0, 0.05) is 12.5 Å². The molecule has 0 saturated carbocycles. The van der Waals surface area contributed by atoms with Crippen molar-refractivity contribution in [2.45, 2.75) is 45.6 Å². The molecule has 0 saturated heterocycles. The summed E-state index contributed by atoms with van der Waals surface area (Å²) in [5.74, 6) is 3.54. The van der Waals surface area contributed by atoms with E-state index in [4.69, 9.17) is 11.2 Å². The maximum Gasteiger partial charge on any atom is 0.119 e. The van der Waals surface area contributed by atoms with E-state index in [1.54, 1.807) is 0 Å². The quantitative estimate of drug-likeness (QED) is 0.536. The smallest absolute Gasteiger partial charge is 0.119 e. The maximum atomic E-state index is 5.64. The molecule has 2 heteroatoms. The van der Waals surface area contributed by atoms with Gasteiger partial charge in [0.25, 0.3) is 0 Å². The second-order valence-corrected chi connectivity index (χ2v) is 4.64. The first-order chi connectivity index (χ1) is 9.31. The molecule has 0 spiro atoms. The predicted molar refractivity (Wildman–Crippen MR) is 81.3 cm³/mol. The number of unbranched alkanes of at least 4 members (excludes halogenated alkanes) is 1. The van der Waals surface area contributed by atoms with Crippen LogP contribution in [0.2, 0.25) is 0 Å². The Balaban J connectivity index is 2.47. The van der Waals surface area contributed by atoms with E-state index in [1.165, 1.54) is 5.56 Å². The number of hydrogen-bond acceptors (Lipinski definition) is 2. The van der Waals surface area contributed by atoms with Crippen molar-refractivity contribution >= 4 is 0 Å². The molecule has 0 heterocycles. The van der Waals surface area contributed by atoms with Crippen LogP contribution in [0.25, 0.3) is 0 Å². The zero-order valence-electron chi connectivity index (χ0n) is 12.1. The summed E-state index contributed by atoms with van der Waals surface area (Å²) in [7, 11) is 0. The number of terminal acetylenes is 1. The van der Waals surface area contributed by atoms with Gasteiger partial charge >= 0.3 is 0 Å². The molecule has 0 bridgehead atoms. The Morgan fingerprint density at radius 1 is 1.26 bits per heavy atom. The summed E-state index contributed by atoms with van der Waals surface area (Å²) < 4.78 is 5.64. The Morgan fingerprint density at radius 3 is 2.58 bits per heavy atom. The van der Waals surface area contributed by atoms with Gasteiger partial charge in [-0.2, -0.15) is 0 Å². The van der Waals surface area contributed by atoms with Crippen LogP contribution in [0.5, 0.6) is 5.75 Å². The van der Waals surface area contributed by atoms with E-state index in [2.05, 4.69) is 37.2 Å². The summed E-state index contributed by atoms with van der Waals surface area (Å²) in [5.41, 5.74) is 1.33. The molecule has 1 N–H and O–H groups in total. The van der Waals surface area contributed by atoms with Crippen molar-refractivity contribution in [2.75, 3.05) is 13.2 Å². The standard InChI is InChI=1S/C17H25NO/c1-4-7-8-14-19-16-11-9-15(10-12-16)17(6-3)18-13-5-2/h1,9-12,17-18H,5-8,13-14H2,2-3H3. The van der Waals surface area contributed by atoms with Gasteiger partial charge in [-0.05, 0) is 43.5 Å². The number of nitrogens with one attached hydrogen (secondary N) is 1. The minimum atomic E-state index is 0.440. The summed E-state index contributed by atoms with van der Waals surface area (Å²) >= 11 is 0. The fraction of sp³-hybridized carbons (Fsp3) is 0.529. The van der Waals surface area contributed by atoms with Gasteiger partial charge in [-0.25, -0.2) is 0 Å². The molecule has 0 aromatic heterocycles. The Labute approximate surface area is 117 Å². The van der Waals surface area contributed by atoms with E-state index >= 15 is 0 Å². The Bertz CT molecular complexity index is 377. The van der Waals surface area contributed by atoms with Crippen molar-refractivity contribution in [3.63, 3.8) is 0 Å². The van der Waals surface area contributed by atoms with Crippen LogP contribution < -0.4 is 10.1 Å². The van der Waals surface area contributed by atoms with Crippen molar-refractivity contribution in [2.24, 2.45) is 0 Å². The van der Waals surface area contributed by atoms with Crippen LogP contribution in [0.1, 0.15) is 51.1 Å². The van der Waals surface area contributed by atoms with E-state index in [-0.39, 0.29) is 0 Å². The number of ether oxygens (including phenoxy) is 1. The zero-order valence-corrected chi connectivity index (χ0v) is 12.1. The normalized spacial score (nSPS) is 11.8. The summed E-state index contributed by atoms with van der Waals surface area (Å²) in [4.78, 5) is 0. The Hall–Kier alpha value is -1.46. The van der Waals surface area contributed by atoms with Crippen molar-refractivity contribution in [1.29, 1.82) is 0 Å². The summed E-state index contributed by atoms with van der Waals surface area (Å²) in [6, 6.07) is 8.82. The number of benzene rings is 1. The maximum absolute atomic E-state index is 5.64. The lowest BCUT2D eigenvalue weighted by Gasteiger charge is -2.17. The number of hydrogen-bond donors (Lipinski definition) is 1. The molecule has 1 atom stereocenters. The highest BCUT2D eigenvalue weighted by atomic mass is 16.5. The molecule has 1 unspecified atom stereocenters. The molecule has 19 heavy (non-hydrogen) atoms. The van der Waals surface area contributed by atoms with Gasteiger partial charge in [-0.1, -0.05) is 26.0 Å². The van der Waals surface area contributed by atoms with Crippen molar-refractivity contribution in [1.82, 2.24) is 5.32 Å². The van der Waals surface area contributed by atoms with E-state index in [9.17, 15) is 0 Å². The van der Waals surface area contributed by atoms with Crippen LogP contribution in [0.15, 0.2) is 24.3 Å². The molecule has 1 aromatic carbocycles. The molecule has 0 radical (unpaired) electrons. The highest BCUT2D eigenvalue weighted by Crippen LogP contribution is 2.20. The molecule has 2 nitrogen and oxygen atoms in total. The van der Waals surface area contributed by atoms with Gasteiger partial charge in [-0.3, -0.25) is 0 Å². The predicted octanol–water partition coefficient (Wildman–Crippen LogP) is 3.93. The molecule has 0 fully saturated rings. The molecular formula is C17H25NO. The van der Waals surface area contributed by atoms with Crippen LogP contribution in [0.4, 0.5) is 0 Å². The minimum absolute atomic E-state index is 0.440. The lowest BCUT2D eigenvalue weighted by atomic mass is 10.0. The zero-order chi connectivity index (χ0) is 13.9. The summed E-state index contributed by atoms with van der Waals surface area (Å²) in [6.07, 6.45) is 9.15. The largest absolute Gasteiger partial charge is 0.494 e. The first kappa shape index (κ1) is 15.6. The van der Waals surface area contributed by atoms with Crippen molar-refractivity contribution in [3.8, 4) is 18.1 Å². The number of rotatable bonds is 9. The summed E-state index contributed by atoms with van der Waals surface area (Å²) in [6.45, 7) is 6.14. The molecular weight excluding hydrogens is 234 g/mol. The Morgan fingerprint density at radius 2 is 2.00 bits per heavy atom. The third-order valence-corrected chi connectivity index (χ3v) is 3.07. The molecule has 0 aliphatic heterocycles. The fourth-order valence-electron chi connectivity index (χ4n) is 1.98. The van der Waals surface area contributed by atoms with Gasteiger partial charge < -0.3 is 10.1 Å². The topological polar surface area (TPSA) is 21.3 Å². The van der Waals surface area contributed by atoms with E-state index < -0.39 is 0 Å². The summed E-state index contributed by atoms with van der Waals surface area (Å²) in [5, 5.41) is 3.55. The van der Waals surface area contributed by atoms with Crippen LogP contribution in [-0.4, -0.2) is 13.2 Å². The second kappa shape index (κ2) is 9.47. The Kier molecular flexibility index (Phi) is 7.77. The van der Waals surface area contributed by atoms with Crippen LogP contribution >= 0.6 is 0 Å². The highest BCUT2D eigenvalue weighted by Gasteiger charge is 2.07. The molecule has 0 aliphatic rings. The van der Waals surface area contributed by atoms with Gasteiger partial charge in [0.1, 0.15) is 5.75 Å². The first-order valence-electron chi connectivity index (χ1n) is 7.21. The molecule has 0 amide bonds. The second-order valence-electron chi connectivity index (χ2n) is 4.64. The van der Waals surface area contributed by atoms with Gasteiger partial charge in [0.15, 0.2) is 0 Å². The van der Waals surface area contributed by atoms with E-state index in [0.29, 0.717) is 12.6 Å². The average molecular weight is 259 g/mol. The van der Waals surface area contributed by atoms with E-state index in [1.807, 2.05) is 12.1 Å². The van der Waals surface area contributed by atoms with Gasteiger partial charge in [0.05, 0.1) is 6.61 Å². The van der Waals surface area contributed by atoms with Crippen LogP contribution in [0, 0.1) is 12.3 Å². The monoisotopic (exact) mass is 259 g/mol. The third-order valence-electron chi connectivity index (χ3n) is 3.07. The minimum Gasteiger partial charge on any atom is -0.494 e. The van der Waals surface area contributed by atoms with Crippen LogP contribution in [-0.2, 0) is 0 Å². The third kappa shape index (κ3) is 5.81. The highest BCUT2D eigenvalue weighted by molar-refractivity contribution is 5.29. The van der Waals surface area contributed by atoms with Crippen LogP contribution in [0.3, 0.4) is 0 Å². The SMILES string of the molecule is C#CCCCOc1ccc(C(CC)NCCC)cc1. The lowest BCUT2D eigenvalue weighted by Crippen LogP contribution is -2.21. The average Bonchev–Trinajstić information content (AvgIpc) is 2.46.